The van der Waals surface area contributed by atoms with Gasteiger partial charge in [-0.3, -0.25) is 9.59 Å². The second-order valence-corrected chi connectivity index (χ2v) is 5.30. The number of anilines is 1. The van der Waals surface area contributed by atoms with E-state index in [9.17, 15) is 9.59 Å². The maximum absolute atomic E-state index is 11.7. The SMILES string of the molecule is CC(CC(=O)Nc1ccc(Br)cc1)N[C@H](C)C(=O)O. The Morgan fingerprint density at radius 2 is 1.84 bits per heavy atom. The smallest absolute Gasteiger partial charge is 0.320 e. The fourth-order valence-corrected chi connectivity index (χ4v) is 1.84. The van der Waals surface area contributed by atoms with Crippen molar-refractivity contribution in [3.63, 3.8) is 0 Å². The molecular weight excluding hydrogens is 312 g/mol. The van der Waals surface area contributed by atoms with Gasteiger partial charge in [-0.1, -0.05) is 15.9 Å². The number of hydrogen-bond acceptors (Lipinski definition) is 3. The minimum absolute atomic E-state index is 0.153. The number of rotatable bonds is 6. The van der Waals surface area contributed by atoms with Gasteiger partial charge in [0.15, 0.2) is 0 Å². The number of halogens is 1. The van der Waals surface area contributed by atoms with Crippen molar-refractivity contribution in [2.24, 2.45) is 0 Å². The molecule has 0 aliphatic rings. The molecule has 1 aromatic rings. The van der Waals surface area contributed by atoms with Crippen LogP contribution in [0.15, 0.2) is 28.7 Å². The fraction of sp³-hybridized carbons (Fsp3) is 0.385. The third-order valence-corrected chi connectivity index (χ3v) is 3.05. The zero-order chi connectivity index (χ0) is 14.4. The van der Waals surface area contributed by atoms with Crippen LogP contribution in [0.4, 0.5) is 5.69 Å². The number of hydrogen-bond donors (Lipinski definition) is 3. The third kappa shape index (κ3) is 5.85. The first kappa shape index (κ1) is 15.7. The van der Waals surface area contributed by atoms with Crippen molar-refractivity contribution in [3.8, 4) is 0 Å². The first-order valence-corrected chi connectivity index (χ1v) is 6.72. The van der Waals surface area contributed by atoms with Gasteiger partial charge in [-0.05, 0) is 38.1 Å². The van der Waals surface area contributed by atoms with Crippen LogP contribution >= 0.6 is 15.9 Å². The minimum atomic E-state index is -0.930. The van der Waals surface area contributed by atoms with Crippen molar-refractivity contribution in [2.75, 3.05) is 5.32 Å². The molecule has 0 aliphatic heterocycles. The highest BCUT2D eigenvalue weighted by molar-refractivity contribution is 9.10. The Bertz CT molecular complexity index is 448. The highest BCUT2D eigenvalue weighted by atomic mass is 79.9. The van der Waals surface area contributed by atoms with Gasteiger partial charge in [-0.15, -0.1) is 0 Å². The molecule has 0 aliphatic carbocycles. The van der Waals surface area contributed by atoms with Crippen LogP contribution in [-0.4, -0.2) is 29.1 Å². The molecule has 2 atom stereocenters. The molecule has 1 amide bonds. The minimum Gasteiger partial charge on any atom is -0.480 e. The van der Waals surface area contributed by atoms with Gasteiger partial charge in [0.2, 0.25) is 5.91 Å². The van der Waals surface area contributed by atoms with Gasteiger partial charge in [-0.25, -0.2) is 0 Å². The van der Waals surface area contributed by atoms with E-state index in [1.807, 2.05) is 12.1 Å². The molecule has 0 saturated carbocycles. The number of benzene rings is 1. The molecule has 0 saturated heterocycles. The van der Waals surface area contributed by atoms with Gasteiger partial charge in [-0.2, -0.15) is 0 Å². The van der Waals surface area contributed by atoms with Crippen LogP contribution in [0.3, 0.4) is 0 Å². The fourth-order valence-electron chi connectivity index (χ4n) is 1.58. The van der Waals surface area contributed by atoms with E-state index in [0.29, 0.717) is 5.69 Å². The number of amides is 1. The average molecular weight is 329 g/mol. The summed E-state index contributed by atoms with van der Waals surface area (Å²) < 4.78 is 0.941. The Labute approximate surface area is 120 Å². The third-order valence-electron chi connectivity index (χ3n) is 2.52. The predicted molar refractivity (Wildman–Crippen MR) is 77.1 cm³/mol. The number of carbonyl (C=O) groups excluding carboxylic acids is 1. The Balaban J connectivity index is 2.42. The van der Waals surface area contributed by atoms with Crippen LogP contribution in [0, 0.1) is 0 Å². The van der Waals surface area contributed by atoms with Crippen LogP contribution in [0.5, 0.6) is 0 Å². The van der Waals surface area contributed by atoms with Crippen LogP contribution in [0.25, 0.3) is 0 Å². The number of nitrogens with one attached hydrogen (secondary N) is 2. The zero-order valence-corrected chi connectivity index (χ0v) is 12.4. The van der Waals surface area contributed by atoms with Gasteiger partial charge >= 0.3 is 5.97 Å². The summed E-state index contributed by atoms with van der Waals surface area (Å²) in [5.41, 5.74) is 0.715. The molecule has 5 nitrogen and oxygen atoms in total. The summed E-state index contributed by atoms with van der Waals surface area (Å²) in [5.74, 6) is -1.08. The van der Waals surface area contributed by atoms with Crippen LogP contribution in [0.1, 0.15) is 20.3 Å². The van der Waals surface area contributed by atoms with Crippen LogP contribution < -0.4 is 10.6 Å². The van der Waals surface area contributed by atoms with Crippen LogP contribution in [-0.2, 0) is 9.59 Å². The molecule has 1 unspecified atom stereocenters. The summed E-state index contributed by atoms with van der Waals surface area (Å²) in [6.07, 6.45) is 0.216. The normalized spacial score (nSPS) is 13.6. The molecule has 3 N–H and O–H groups in total. The topological polar surface area (TPSA) is 78.4 Å². The molecule has 0 fully saturated rings. The van der Waals surface area contributed by atoms with E-state index < -0.39 is 12.0 Å². The second-order valence-electron chi connectivity index (χ2n) is 4.39. The maximum Gasteiger partial charge on any atom is 0.320 e. The number of aliphatic carboxylic acids is 1. The summed E-state index contributed by atoms with van der Waals surface area (Å²) >= 11 is 3.31. The molecule has 19 heavy (non-hydrogen) atoms. The summed E-state index contributed by atoms with van der Waals surface area (Å²) in [6.45, 7) is 3.33. The van der Waals surface area contributed by atoms with Crippen molar-refractivity contribution >= 4 is 33.5 Å². The van der Waals surface area contributed by atoms with Gasteiger partial charge in [0.1, 0.15) is 6.04 Å². The Hall–Kier alpha value is -1.40. The Morgan fingerprint density at radius 1 is 1.26 bits per heavy atom. The number of carbonyl (C=O) groups is 2. The van der Waals surface area contributed by atoms with Crippen molar-refractivity contribution in [1.82, 2.24) is 5.32 Å². The quantitative estimate of drug-likeness (QED) is 0.748. The second kappa shape index (κ2) is 7.25. The Kier molecular flexibility index (Phi) is 5.98. The highest BCUT2D eigenvalue weighted by Gasteiger charge is 2.16. The summed E-state index contributed by atoms with van der Waals surface area (Å²) in [5, 5.41) is 14.4. The average Bonchev–Trinajstić information content (AvgIpc) is 2.31. The van der Waals surface area contributed by atoms with E-state index in [1.165, 1.54) is 0 Å². The van der Waals surface area contributed by atoms with Gasteiger partial charge in [0.05, 0.1) is 0 Å². The number of carboxylic acids is 1. The van der Waals surface area contributed by atoms with E-state index in [2.05, 4.69) is 26.6 Å². The molecule has 104 valence electrons. The highest BCUT2D eigenvalue weighted by Crippen LogP contribution is 2.14. The number of carboxylic acid groups (broad SMARTS) is 1. The van der Waals surface area contributed by atoms with E-state index in [1.54, 1.807) is 26.0 Å². The molecule has 0 radical (unpaired) electrons. The lowest BCUT2D eigenvalue weighted by Gasteiger charge is -2.16. The van der Waals surface area contributed by atoms with E-state index in [4.69, 9.17) is 5.11 Å². The largest absolute Gasteiger partial charge is 0.480 e. The standard InChI is InChI=1S/C13H17BrN2O3/c1-8(15-9(2)13(18)19)7-12(17)16-11-5-3-10(14)4-6-11/h3-6,8-9,15H,7H2,1-2H3,(H,16,17)(H,18,19)/t8?,9-/m1/s1. The molecule has 0 spiro atoms. The molecule has 1 rings (SSSR count). The lowest BCUT2D eigenvalue weighted by Crippen LogP contribution is -2.41. The summed E-state index contributed by atoms with van der Waals surface area (Å²) in [7, 11) is 0. The maximum atomic E-state index is 11.7. The van der Waals surface area contributed by atoms with E-state index in [0.717, 1.165) is 4.47 Å². The molecule has 6 heteroatoms. The van der Waals surface area contributed by atoms with Crippen molar-refractivity contribution in [3.05, 3.63) is 28.7 Å². The van der Waals surface area contributed by atoms with Crippen molar-refractivity contribution < 1.29 is 14.7 Å². The van der Waals surface area contributed by atoms with Gasteiger partial charge in [0.25, 0.3) is 0 Å². The van der Waals surface area contributed by atoms with Crippen molar-refractivity contribution in [2.45, 2.75) is 32.4 Å². The van der Waals surface area contributed by atoms with Gasteiger partial charge in [0, 0.05) is 22.6 Å². The van der Waals surface area contributed by atoms with E-state index >= 15 is 0 Å². The summed E-state index contributed by atoms with van der Waals surface area (Å²) in [6, 6.07) is 6.38. The molecular formula is C13H17BrN2O3. The predicted octanol–water partition coefficient (Wildman–Crippen LogP) is 2.23. The lowest BCUT2D eigenvalue weighted by molar-refractivity contribution is -0.139. The summed E-state index contributed by atoms with van der Waals surface area (Å²) in [4.78, 5) is 22.4. The van der Waals surface area contributed by atoms with E-state index in [-0.39, 0.29) is 18.4 Å². The molecule has 0 bridgehead atoms. The monoisotopic (exact) mass is 328 g/mol. The molecule has 1 aromatic carbocycles. The lowest BCUT2D eigenvalue weighted by atomic mass is 10.2. The van der Waals surface area contributed by atoms with Gasteiger partial charge < -0.3 is 15.7 Å². The van der Waals surface area contributed by atoms with Crippen molar-refractivity contribution in [1.29, 1.82) is 0 Å². The van der Waals surface area contributed by atoms with Crippen LogP contribution in [0.2, 0.25) is 0 Å². The Morgan fingerprint density at radius 3 is 2.37 bits per heavy atom. The first-order valence-electron chi connectivity index (χ1n) is 5.92. The molecule has 0 heterocycles. The first-order chi connectivity index (χ1) is 8.88. The molecule has 0 aromatic heterocycles. The zero-order valence-electron chi connectivity index (χ0n) is 10.8.